The maximum Gasteiger partial charge on any atom is 0.133 e. The summed E-state index contributed by atoms with van der Waals surface area (Å²) in [5, 5.41) is 0.571. The van der Waals surface area contributed by atoms with Crippen molar-refractivity contribution >= 4 is 11.6 Å². The van der Waals surface area contributed by atoms with Gasteiger partial charge in [0.25, 0.3) is 0 Å². The van der Waals surface area contributed by atoms with Gasteiger partial charge in [-0.25, -0.2) is 4.39 Å². The molecule has 0 unspecified atom stereocenters. The van der Waals surface area contributed by atoms with Crippen LogP contribution in [0.5, 0.6) is 0 Å². The zero-order valence-electron chi connectivity index (χ0n) is 10.3. The number of hydrogen-bond donors (Lipinski definition) is 0. The minimum atomic E-state index is -0.203. The molecule has 17 heavy (non-hydrogen) atoms. The molecule has 0 heterocycles. The summed E-state index contributed by atoms with van der Waals surface area (Å²) in [4.78, 5) is 0. The van der Waals surface area contributed by atoms with Gasteiger partial charge in [0, 0.05) is 16.1 Å². The van der Waals surface area contributed by atoms with Gasteiger partial charge in [0.05, 0.1) is 0 Å². The maximum atomic E-state index is 13.8. The van der Waals surface area contributed by atoms with Crippen LogP contribution in [-0.4, -0.2) is 0 Å². The molecule has 2 aromatic carbocycles. The molecule has 2 aromatic rings. The summed E-state index contributed by atoms with van der Waals surface area (Å²) in [5.74, 6) is -0.203. The molecule has 0 radical (unpaired) electrons. The third-order valence-electron chi connectivity index (χ3n) is 2.36. The highest BCUT2D eigenvalue weighted by atomic mass is 35.5. The molecule has 0 N–H and O–H groups in total. The first kappa shape index (κ1) is 13.7. The van der Waals surface area contributed by atoms with Gasteiger partial charge in [-0.15, -0.1) is 0 Å². The number of rotatable bonds is 1. The van der Waals surface area contributed by atoms with E-state index in [1.807, 2.05) is 38.1 Å². The molecule has 0 saturated heterocycles. The van der Waals surface area contributed by atoms with Crippen molar-refractivity contribution < 1.29 is 4.39 Å². The normalized spacial score (nSPS) is 9.47. The van der Waals surface area contributed by atoms with Gasteiger partial charge >= 0.3 is 0 Å². The second-order valence-electron chi connectivity index (χ2n) is 3.42. The Morgan fingerprint density at radius 3 is 2.12 bits per heavy atom. The smallest absolute Gasteiger partial charge is 0.133 e. The van der Waals surface area contributed by atoms with Gasteiger partial charge in [-0.3, -0.25) is 0 Å². The molecule has 0 atom stereocenters. The maximum absolute atomic E-state index is 13.8. The predicted octanol–water partition coefficient (Wildman–Crippen LogP) is 5.48. The third kappa shape index (κ3) is 3.07. The molecule has 90 valence electrons. The Kier molecular flexibility index (Phi) is 5.17. The topological polar surface area (TPSA) is 0 Å². The van der Waals surface area contributed by atoms with Crippen LogP contribution in [0.15, 0.2) is 42.5 Å². The van der Waals surface area contributed by atoms with E-state index in [-0.39, 0.29) is 5.82 Å². The Labute approximate surface area is 107 Å². The summed E-state index contributed by atoms with van der Waals surface area (Å²) in [5.41, 5.74) is 1.92. The lowest BCUT2D eigenvalue weighted by Crippen LogP contribution is -1.88. The molecule has 2 rings (SSSR count). The molecule has 0 saturated carbocycles. The quantitative estimate of drug-likeness (QED) is 0.629. The highest BCUT2D eigenvalue weighted by Gasteiger charge is 2.09. The van der Waals surface area contributed by atoms with E-state index in [1.165, 1.54) is 0 Å². The molecule has 0 amide bonds. The summed E-state index contributed by atoms with van der Waals surface area (Å²) in [6, 6.07) is 12.6. The fourth-order valence-electron chi connectivity index (χ4n) is 1.54. The van der Waals surface area contributed by atoms with Crippen LogP contribution < -0.4 is 0 Å². The molecule has 0 aliphatic rings. The molecule has 0 aliphatic carbocycles. The molecule has 0 bridgehead atoms. The van der Waals surface area contributed by atoms with Crippen LogP contribution in [0.25, 0.3) is 11.1 Å². The van der Waals surface area contributed by atoms with E-state index in [9.17, 15) is 4.39 Å². The van der Waals surface area contributed by atoms with Gasteiger partial charge in [0.15, 0.2) is 0 Å². The highest BCUT2D eigenvalue weighted by Crippen LogP contribution is 2.30. The monoisotopic (exact) mass is 250 g/mol. The van der Waals surface area contributed by atoms with Crippen LogP contribution >= 0.6 is 11.6 Å². The van der Waals surface area contributed by atoms with Gasteiger partial charge in [-0.2, -0.15) is 0 Å². The van der Waals surface area contributed by atoms with Crippen molar-refractivity contribution in [3.63, 3.8) is 0 Å². The number of benzene rings is 2. The zero-order valence-corrected chi connectivity index (χ0v) is 11.1. The van der Waals surface area contributed by atoms with Crippen molar-refractivity contribution in [3.8, 4) is 11.1 Å². The van der Waals surface area contributed by atoms with Crippen LogP contribution in [0.3, 0.4) is 0 Å². The minimum absolute atomic E-state index is 0.203. The second-order valence-corrected chi connectivity index (χ2v) is 3.82. The molecule has 0 nitrogen and oxygen atoms in total. The first-order valence-electron chi connectivity index (χ1n) is 5.70. The summed E-state index contributed by atoms with van der Waals surface area (Å²) in [6.45, 7) is 5.75. The zero-order chi connectivity index (χ0) is 12.8. The Morgan fingerprint density at radius 2 is 1.47 bits per heavy atom. The van der Waals surface area contributed by atoms with E-state index in [0.29, 0.717) is 16.1 Å². The van der Waals surface area contributed by atoms with Crippen molar-refractivity contribution in [1.29, 1.82) is 0 Å². The highest BCUT2D eigenvalue weighted by molar-refractivity contribution is 6.33. The lowest BCUT2D eigenvalue weighted by molar-refractivity contribution is 0.622. The van der Waals surface area contributed by atoms with Crippen LogP contribution in [-0.2, 0) is 0 Å². The Hall–Kier alpha value is -1.34. The lowest BCUT2D eigenvalue weighted by Gasteiger charge is -2.07. The summed E-state index contributed by atoms with van der Waals surface area (Å²) in [6.07, 6.45) is 0. The molecule has 0 spiro atoms. The van der Waals surface area contributed by atoms with Crippen molar-refractivity contribution in [2.75, 3.05) is 0 Å². The third-order valence-corrected chi connectivity index (χ3v) is 2.69. The Bertz CT molecular complexity index is 492. The Balaban J connectivity index is 0.000000686. The van der Waals surface area contributed by atoms with Crippen molar-refractivity contribution in [2.45, 2.75) is 20.8 Å². The van der Waals surface area contributed by atoms with Crippen molar-refractivity contribution in [2.24, 2.45) is 0 Å². The molecule has 0 fully saturated rings. The van der Waals surface area contributed by atoms with Crippen LogP contribution in [0.2, 0.25) is 5.02 Å². The van der Waals surface area contributed by atoms with Gasteiger partial charge in [-0.05, 0) is 18.6 Å². The average molecular weight is 251 g/mol. The summed E-state index contributed by atoms with van der Waals surface area (Å²) >= 11 is 6.02. The van der Waals surface area contributed by atoms with E-state index in [1.54, 1.807) is 25.1 Å². The fraction of sp³-hybridized carbons (Fsp3) is 0.200. The number of hydrogen-bond acceptors (Lipinski definition) is 0. The molecule has 2 heteroatoms. The second kappa shape index (κ2) is 6.41. The molecule has 0 aromatic heterocycles. The van der Waals surface area contributed by atoms with E-state index in [4.69, 9.17) is 11.6 Å². The average Bonchev–Trinajstić information content (AvgIpc) is 2.36. The molecule has 0 aliphatic heterocycles. The standard InChI is InChI=1S/C13H10ClF.C2H6/c1-9-5-4-7-11(13(9)15)10-6-2-3-8-12(10)14;1-2/h2-8H,1H3;1-2H3. The number of halogens is 2. The van der Waals surface area contributed by atoms with Gasteiger partial charge < -0.3 is 0 Å². The number of aryl methyl sites for hydroxylation is 1. The lowest BCUT2D eigenvalue weighted by atomic mass is 10.0. The first-order valence-corrected chi connectivity index (χ1v) is 6.08. The predicted molar refractivity (Wildman–Crippen MR) is 72.9 cm³/mol. The summed E-state index contributed by atoms with van der Waals surface area (Å²) < 4.78 is 13.8. The molecular weight excluding hydrogens is 235 g/mol. The largest absolute Gasteiger partial charge is 0.206 e. The van der Waals surface area contributed by atoms with E-state index < -0.39 is 0 Å². The minimum Gasteiger partial charge on any atom is -0.206 e. The van der Waals surface area contributed by atoms with Gasteiger partial charge in [0.2, 0.25) is 0 Å². The van der Waals surface area contributed by atoms with Gasteiger partial charge in [0.1, 0.15) is 5.82 Å². The summed E-state index contributed by atoms with van der Waals surface area (Å²) in [7, 11) is 0. The SMILES string of the molecule is CC.Cc1cccc(-c2ccccc2Cl)c1F. The van der Waals surface area contributed by atoms with Crippen LogP contribution in [0.4, 0.5) is 4.39 Å². The fourth-order valence-corrected chi connectivity index (χ4v) is 1.77. The van der Waals surface area contributed by atoms with Crippen molar-refractivity contribution in [3.05, 3.63) is 58.9 Å². The Morgan fingerprint density at radius 1 is 0.882 bits per heavy atom. The van der Waals surface area contributed by atoms with Crippen LogP contribution in [0, 0.1) is 12.7 Å². The molecular formula is C15H16ClF. The van der Waals surface area contributed by atoms with E-state index in [2.05, 4.69) is 0 Å². The van der Waals surface area contributed by atoms with E-state index >= 15 is 0 Å². The first-order chi connectivity index (χ1) is 8.20. The van der Waals surface area contributed by atoms with E-state index in [0.717, 1.165) is 5.56 Å². The van der Waals surface area contributed by atoms with Crippen LogP contribution in [0.1, 0.15) is 19.4 Å². The van der Waals surface area contributed by atoms with Crippen molar-refractivity contribution in [1.82, 2.24) is 0 Å². The van der Waals surface area contributed by atoms with Gasteiger partial charge in [-0.1, -0.05) is 61.8 Å².